The van der Waals surface area contributed by atoms with Gasteiger partial charge in [-0.2, -0.15) is 9.40 Å². The SMILES string of the molecule is O=S(=O)(Cc1ccccc1)N1CCCC(Oc2cccnn2)C1. The van der Waals surface area contributed by atoms with Crippen LogP contribution in [-0.2, 0) is 15.8 Å². The molecule has 1 aromatic carbocycles. The van der Waals surface area contributed by atoms with Gasteiger partial charge in [-0.15, -0.1) is 5.10 Å². The number of hydrogen-bond donors (Lipinski definition) is 0. The van der Waals surface area contributed by atoms with Crippen molar-refractivity contribution in [1.29, 1.82) is 0 Å². The Balaban J connectivity index is 1.65. The molecule has 1 saturated heterocycles. The van der Waals surface area contributed by atoms with E-state index in [-0.39, 0.29) is 11.9 Å². The lowest BCUT2D eigenvalue weighted by Crippen LogP contribution is -2.44. The summed E-state index contributed by atoms with van der Waals surface area (Å²) in [5, 5.41) is 7.65. The topological polar surface area (TPSA) is 72.4 Å². The van der Waals surface area contributed by atoms with Gasteiger partial charge in [0.1, 0.15) is 6.10 Å². The fourth-order valence-corrected chi connectivity index (χ4v) is 4.25. The second-order valence-electron chi connectivity index (χ2n) is 5.54. The maximum atomic E-state index is 12.6. The minimum Gasteiger partial charge on any atom is -0.472 e. The molecule has 3 rings (SSSR count). The normalized spacial score (nSPS) is 19.4. The number of aromatic nitrogens is 2. The van der Waals surface area contributed by atoms with Gasteiger partial charge in [0.2, 0.25) is 15.9 Å². The number of ether oxygens (including phenoxy) is 1. The van der Waals surface area contributed by atoms with Gasteiger partial charge in [0, 0.05) is 18.8 Å². The number of piperidine rings is 1. The summed E-state index contributed by atoms with van der Waals surface area (Å²) in [7, 11) is -3.34. The van der Waals surface area contributed by atoms with E-state index in [9.17, 15) is 8.42 Å². The molecule has 122 valence electrons. The third kappa shape index (κ3) is 4.27. The molecule has 7 heteroatoms. The van der Waals surface area contributed by atoms with E-state index in [0.29, 0.717) is 19.0 Å². The smallest absolute Gasteiger partial charge is 0.233 e. The van der Waals surface area contributed by atoms with Crippen molar-refractivity contribution in [2.45, 2.75) is 24.7 Å². The summed E-state index contributed by atoms with van der Waals surface area (Å²) < 4.78 is 32.5. The zero-order chi connectivity index (χ0) is 16.1. The lowest BCUT2D eigenvalue weighted by Gasteiger charge is -2.31. The van der Waals surface area contributed by atoms with E-state index in [1.807, 2.05) is 30.3 Å². The highest BCUT2D eigenvalue weighted by Crippen LogP contribution is 2.20. The number of nitrogens with zero attached hydrogens (tertiary/aromatic N) is 3. The third-order valence-electron chi connectivity index (χ3n) is 3.76. The lowest BCUT2D eigenvalue weighted by atomic mass is 10.1. The van der Waals surface area contributed by atoms with Crippen LogP contribution in [0.25, 0.3) is 0 Å². The summed E-state index contributed by atoms with van der Waals surface area (Å²) in [5.41, 5.74) is 0.796. The molecule has 0 aliphatic carbocycles. The van der Waals surface area contributed by atoms with Gasteiger partial charge in [0.05, 0.1) is 12.3 Å². The van der Waals surface area contributed by atoms with Crippen molar-refractivity contribution in [1.82, 2.24) is 14.5 Å². The zero-order valence-electron chi connectivity index (χ0n) is 12.7. The molecule has 0 bridgehead atoms. The molecule has 0 amide bonds. The molecule has 23 heavy (non-hydrogen) atoms. The lowest BCUT2D eigenvalue weighted by molar-refractivity contribution is 0.123. The first kappa shape index (κ1) is 15.9. The van der Waals surface area contributed by atoms with Gasteiger partial charge in [-0.3, -0.25) is 0 Å². The summed E-state index contributed by atoms with van der Waals surface area (Å²) in [6.45, 7) is 0.890. The van der Waals surface area contributed by atoms with E-state index < -0.39 is 10.0 Å². The van der Waals surface area contributed by atoms with Crippen LogP contribution in [0.4, 0.5) is 0 Å². The molecular weight excluding hydrogens is 314 g/mol. The molecular formula is C16H19N3O3S. The van der Waals surface area contributed by atoms with Crippen LogP contribution in [0, 0.1) is 0 Å². The Bertz CT molecular complexity index is 723. The van der Waals surface area contributed by atoms with Crippen LogP contribution in [0.3, 0.4) is 0 Å². The Morgan fingerprint density at radius 1 is 1.17 bits per heavy atom. The standard InChI is InChI=1S/C16H19N3O3S/c20-23(21,13-14-6-2-1-3-7-14)19-11-5-8-15(12-19)22-16-9-4-10-17-18-16/h1-4,6-7,9-10,15H,5,8,11-13H2. The Morgan fingerprint density at radius 2 is 2.00 bits per heavy atom. The largest absolute Gasteiger partial charge is 0.472 e. The summed E-state index contributed by atoms with van der Waals surface area (Å²) in [6, 6.07) is 12.7. The molecule has 2 aromatic rings. The van der Waals surface area contributed by atoms with Gasteiger partial charge in [-0.05, 0) is 24.5 Å². The van der Waals surface area contributed by atoms with Crippen molar-refractivity contribution >= 4 is 10.0 Å². The highest BCUT2D eigenvalue weighted by molar-refractivity contribution is 7.88. The van der Waals surface area contributed by atoms with Crippen LogP contribution >= 0.6 is 0 Å². The minimum atomic E-state index is -3.34. The Labute approximate surface area is 136 Å². The first-order valence-electron chi connectivity index (χ1n) is 7.59. The number of sulfonamides is 1. The summed E-state index contributed by atoms with van der Waals surface area (Å²) in [4.78, 5) is 0. The Morgan fingerprint density at radius 3 is 2.74 bits per heavy atom. The van der Waals surface area contributed by atoms with Gasteiger partial charge in [0.25, 0.3) is 0 Å². The average molecular weight is 333 g/mol. The molecule has 6 nitrogen and oxygen atoms in total. The van der Waals surface area contributed by atoms with Gasteiger partial charge in [-0.1, -0.05) is 30.3 Å². The van der Waals surface area contributed by atoms with E-state index in [1.165, 1.54) is 4.31 Å². The molecule has 1 unspecified atom stereocenters. The van der Waals surface area contributed by atoms with E-state index in [4.69, 9.17) is 4.74 Å². The molecule has 1 aliphatic rings. The Kier molecular flexibility index (Phi) is 4.88. The summed E-state index contributed by atoms with van der Waals surface area (Å²) >= 11 is 0. The Hall–Kier alpha value is -1.99. The van der Waals surface area contributed by atoms with Gasteiger partial charge in [-0.25, -0.2) is 8.42 Å². The number of benzene rings is 1. The van der Waals surface area contributed by atoms with Crippen molar-refractivity contribution < 1.29 is 13.2 Å². The molecule has 1 aromatic heterocycles. The maximum absolute atomic E-state index is 12.6. The minimum absolute atomic E-state index is 0.0195. The molecule has 0 N–H and O–H groups in total. The average Bonchev–Trinajstić information content (AvgIpc) is 2.57. The molecule has 1 atom stereocenters. The molecule has 0 saturated carbocycles. The highest BCUT2D eigenvalue weighted by atomic mass is 32.2. The zero-order valence-corrected chi connectivity index (χ0v) is 13.5. The van der Waals surface area contributed by atoms with E-state index in [2.05, 4.69) is 10.2 Å². The molecule has 1 aliphatic heterocycles. The van der Waals surface area contributed by atoms with Gasteiger partial charge in [0.15, 0.2) is 0 Å². The van der Waals surface area contributed by atoms with Crippen molar-refractivity contribution in [2.75, 3.05) is 13.1 Å². The molecule has 0 spiro atoms. The van der Waals surface area contributed by atoms with Gasteiger partial charge < -0.3 is 4.74 Å². The fourth-order valence-electron chi connectivity index (χ4n) is 2.65. The van der Waals surface area contributed by atoms with E-state index in [0.717, 1.165) is 18.4 Å². The number of hydrogen-bond acceptors (Lipinski definition) is 5. The molecule has 2 heterocycles. The molecule has 1 fully saturated rings. The maximum Gasteiger partial charge on any atom is 0.233 e. The van der Waals surface area contributed by atoms with Crippen LogP contribution in [0.5, 0.6) is 5.88 Å². The third-order valence-corrected chi connectivity index (χ3v) is 5.58. The van der Waals surface area contributed by atoms with Crippen LogP contribution in [0.15, 0.2) is 48.7 Å². The predicted molar refractivity (Wildman–Crippen MR) is 86.3 cm³/mol. The summed E-state index contributed by atoms with van der Waals surface area (Å²) in [5.74, 6) is 0.450. The van der Waals surface area contributed by atoms with Gasteiger partial charge >= 0.3 is 0 Å². The second-order valence-corrected chi connectivity index (χ2v) is 7.51. The number of rotatable bonds is 5. The first-order chi connectivity index (χ1) is 11.1. The highest BCUT2D eigenvalue weighted by Gasteiger charge is 2.30. The van der Waals surface area contributed by atoms with Crippen LogP contribution in [0.1, 0.15) is 18.4 Å². The summed E-state index contributed by atoms with van der Waals surface area (Å²) in [6.07, 6.45) is 2.98. The van der Waals surface area contributed by atoms with Crippen molar-refractivity contribution in [2.24, 2.45) is 0 Å². The van der Waals surface area contributed by atoms with Crippen molar-refractivity contribution in [3.8, 4) is 5.88 Å². The monoisotopic (exact) mass is 333 g/mol. The molecule has 0 radical (unpaired) electrons. The predicted octanol–water partition coefficient (Wildman–Crippen LogP) is 1.85. The second kappa shape index (κ2) is 7.06. The quantitative estimate of drug-likeness (QED) is 0.835. The van der Waals surface area contributed by atoms with E-state index >= 15 is 0 Å². The van der Waals surface area contributed by atoms with Crippen molar-refractivity contribution in [3.05, 3.63) is 54.2 Å². The van der Waals surface area contributed by atoms with Crippen LogP contribution in [-0.4, -0.2) is 42.1 Å². The van der Waals surface area contributed by atoms with E-state index in [1.54, 1.807) is 18.3 Å². The van der Waals surface area contributed by atoms with Crippen LogP contribution in [0.2, 0.25) is 0 Å². The van der Waals surface area contributed by atoms with Crippen molar-refractivity contribution in [3.63, 3.8) is 0 Å². The fraction of sp³-hybridized carbons (Fsp3) is 0.375. The first-order valence-corrected chi connectivity index (χ1v) is 9.20. The van der Waals surface area contributed by atoms with Crippen LogP contribution < -0.4 is 4.74 Å².